The highest BCUT2D eigenvalue weighted by atomic mass is 35.5. The molecule has 0 aliphatic rings. The predicted octanol–water partition coefficient (Wildman–Crippen LogP) is 3.51. The number of likely N-dealkylation sites (N-methyl/N-ethyl adjacent to an activating group) is 1. The number of halogens is 1. The van der Waals surface area contributed by atoms with E-state index < -0.39 is 28.5 Å². The predicted molar refractivity (Wildman–Crippen MR) is 152 cm³/mol. The Kier molecular flexibility index (Phi) is 10.2. The molecule has 1 unspecified atom stereocenters. The molecule has 11 heteroatoms. The molecule has 1 atom stereocenters. The van der Waals surface area contributed by atoms with Gasteiger partial charge in [-0.1, -0.05) is 54.1 Å². The normalized spacial score (nSPS) is 11.8. The number of methoxy groups -OCH3 is 2. The Bertz CT molecular complexity index is 1400. The fraction of sp³-hybridized carbons (Fsp3) is 0.286. The molecule has 0 spiro atoms. The van der Waals surface area contributed by atoms with Crippen molar-refractivity contribution in [2.75, 3.05) is 38.4 Å². The monoisotopic (exact) mass is 573 g/mol. The van der Waals surface area contributed by atoms with Crippen LogP contribution >= 0.6 is 11.6 Å². The maximum atomic E-state index is 14.0. The number of anilines is 1. The van der Waals surface area contributed by atoms with E-state index in [4.69, 9.17) is 21.1 Å². The van der Waals surface area contributed by atoms with Gasteiger partial charge in [-0.25, -0.2) is 8.42 Å². The van der Waals surface area contributed by atoms with Gasteiger partial charge >= 0.3 is 0 Å². The molecule has 0 saturated carbocycles. The van der Waals surface area contributed by atoms with E-state index in [1.807, 2.05) is 30.3 Å². The highest BCUT2D eigenvalue weighted by Crippen LogP contribution is 2.33. The van der Waals surface area contributed by atoms with Crippen LogP contribution in [-0.2, 0) is 32.6 Å². The maximum Gasteiger partial charge on any atom is 0.244 e. The summed E-state index contributed by atoms with van der Waals surface area (Å²) in [6.07, 6.45) is 1.21. The Hall–Kier alpha value is -3.76. The first-order valence-electron chi connectivity index (χ1n) is 12.1. The van der Waals surface area contributed by atoms with Gasteiger partial charge in [-0.15, -0.1) is 0 Å². The van der Waals surface area contributed by atoms with E-state index in [2.05, 4.69) is 5.32 Å². The summed E-state index contributed by atoms with van der Waals surface area (Å²) in [5.41, 5.74) is 1.66. The SMILES string of the molecule is CNC(=O)C(Cc1ccccc1)N(Cc1cccc(OC)c1)C(=O)CN(c1cc(Cl)ccc1OC)S(C)(=O)=O. The second kappa shape index (κ2) is 13.3. The lowest BCUT2D eigenvalue weighted by atomic mass is 10.0. The number of carbonyl (C=O) groups is 2. The van der Waals surface area contributed by atoms with Crippen LogP contribution in [0.4, 0.5) is 5.69 Å². The average molecular weight is 574 g/mol. The average Bonchev–Trinajstić information content (AvgIpc) is 2.93. The fourth-order valence-electron chi connectivity index (χ4n) is 4.14. The van der Waals surface area contributed by atoms with E-state index in [-0.39, 0.29) is 35.3 Å². The van der Waals surface area contributed by atoms with Crippen molar-refractivity contribution in [1.29, 1.82) is 0 Å². The number of rotatable bonds is 12. The van der Waals surface area contributed by atoms with Crippen molar-refractivity contribution in [2.24, 2.45) is 0 Å². The van der Waals surface area contributed by atoms with Crippen LogP contribution in [0.3, 0.4) is 0 Å². The van der Waals surface area contributed by atoms with Crippen molar-refractivity contribution >= 4 is 39.1 Å². The van der Waals surface area contributed by atoms with Crippen LogP contribution in [0.15, 0.2) is 72.8 Å². The fourth-order valence-corrected chi connectivity index (χ4v) is 5.15. The molecule has 3 rings (SSSR count). The molecule has 0 heterocycles. The second-order valence-corrected chi connectivity index (χ2v) is 11.1. The largest absolute Gasteiger partial charge is 0.497 e. The van der Waals surface area contributed by atoms with Gasteiger partial charge in [-0.2, -0.15) is 0 Å². The molecule has 0 bridgehead atoms. The summed E-state index contributed by atoms with van der Waals surface area (Å²) in [5.74, 6) is -0.166. The van der Waals surface area contributed by atoms with E-state index in [9.17, 15) is 18.0 Å². The minimum Gasteiger partial charge on any atom is -0.497 e. The summed E-state index contributed by atoms with van der Waals surface area (Å²) in [7, 11) is 0.460. The summed E-state index contributed by atoms with van der Waals surface area (Å²) in [6, 6.07) is 20.0. The van der Waals surface area contributed by atoms with Gasteiger partial charge in [0.2, 0.25) is 21.8 Å². The first-order valence-corrected chi connectivity index (χ1v) is 14.3. The number of amides is 2. The zero-order chi connectivity index (χ0) is 28.6. The van der Waals surface area contributed by atoms with Gasteiger partial charge in [0.1, 0.15) is 24.1 Å². The van der Waals surface area contributed by atoms with Gasteiger partial charge in [0.25, 0.3) is 0 Å². The molecular formula is C28H32ClN3O6S. The number of sulfonamides is 1. The van der Waals surface area contributed by atoms with Gasteiger partial charge in [0.15, 0.2) is 0 Å². The Morgan fingerprint density at radius 1 is 0.949 bits per heavy atom. The van der Waals surface area contributed by atoms with Crippen LogP contribution < -0.4 is 19.1 Å². The van der Waals surface area contributed by atoms with E-state index >= 15 is 0 Å². The van der Waals surface area contributed by atoms with Crippen LogP contribution in [0.1, 0.15) is 11.1 Å². The molecule has 9 nitrogen and oxygen atoms in total. The van der Waals surface area contributed by atoms with Gasteiger partial charge < -0.3 is 19.7 Å². The summed E-state index contributed by atoms with van der Waals surface area (Å²) < 4.78 is 37.5. The molecule has 0 radical (unpaired) electrons. The maximum absolute atomic E-state index is 14.0. The molecule has 2 amide bonds. The molecule has 3 aromatic rings. The van der Waals surface area contributed by atoms with Crippen molar-refractivity contribution in [2.45, 2.75) is 19.0 Å². The Labute approximate surface area is 234 Å². The van der Waals surface area contributed by atoms with E-state index in [0.717, 1.165) is 16.1 Å². The van der Waals surface area contributed by atoms with Crippen LogP contribution in [0.2, 0.25) is 5.02 Å². The van der Waals surface area contributed by atoms with Crippen LogP contribution in [0.25, 0.3) is 0 Å². The van der Waals surface area contributed by atoms with Gasteiger partial charge in [-0.05, 0) is 41.5 Å². The lowest BCUT2D eigenvalue weighted by molar-refractivity contribution is -0.139. The minimum atomic E-state index is -3.96. The molecule has 0 fully saturated rings. The van der Waals surface area contributed by atoms with Crippen molar-refractivity contribution in [3.05, 3.63) is 88.9 Å². The molecule has 0 aliphatic carbocycles. The molecule has 0 saturated heterocycles. The second-order valence-electron chi connectivity index (χ2n) is 8.78. The number of hydrogen-bond acceptors (Lipinski definition) is 6. The lowest BCUT2D eigenvalue weighted by Crippen LogP contribution is -2.52. The van der Waals surface area contributed by atoms with Crippen molar-refractivity contribution < 1.29 is 27.5 Å². The number of nitrogens with one attached hydrogen (secondary N) is 1. The zero-order valence-corrected chi connectivity index (χ0v) is 23.8. The number of ether oxygens (including phenoxy) is 2. The van der Waals surface area contributed by atoms with E-state index in [0.29, 0.717) is 11.3 Å². The standard InChI is InChI=1S/C28H32ClN3O6S/c1-30-28(34)25(16-20-9-6-5-7-10-20)31(18-21-11-8-12-23(15-21)37-2)27(33)19-32(39(4,35)36)24-17-22(29)13-14-26(24)38-3/h5-15,17,25H,16,18-19H2,1-4H3,(H,30,34). The summed E-state index contributed by atoms with van der Waals surface area (Å²) in [5, 5.41) is 2.91. The quantitative estimate of drug-likeness (QED) is 0.355. The van der Waals surface area contributed by atoms with Crippen LogP contribution in [0.5, 0.6) is 11.5 Å². The number of nitrogens with zero attached hydrogens (tertiary/aromatic N) is 2. The molecule has 39 heavy (non-hydrogen) atoms. The highest BCUT2D eigenvalue weighted by molar-refractivity contribution is 7.92. The number of benzene rings is 3. The van der Waals surface area contributed by atoms with E-state index in [1.54, 1.807) is 30.3 Å². The molecule has 0 aliphatic heterocycles. The third kappa shape index (κ3) is 7.87. The van der Waals surface area contributed by atoms with Crippen LogP contribution in [-0.4, -0.2) is 65.2 Å². The van der Waals surface area contributed by atoms with E-state index in [1.165, 1.54) is 38.3 Å². The topological polar surface area (TPSA) is 105 Å². The van der Waals surface area contributed by atoms with Gasteiger partial charge in [-0.3, -0.25) is 13.9 Å². The molecule has 1 N–H and O–H groups in total. The molecule has 0 aromatic heterocycles. The van der Waals surface area contributed by atoms with Crippen LogP contribution in [0, 0.1) is 0 Å². The van der Waals surface area contributed by atoms with Crippen molar-refractivity contribution in [3.8, 4) is 11.5 Å². The third-order valence-electron chi connectivity index (χ3n) is 6.09. The minimum absolute atomic E-state index is 0.0330. The number of hydrogen-bond donors (Lipinski definition) is 1. The van der Waals surface area contributed by atoms with Crippen molar-refractivity contribution in [1.82, 2.24) is 10.2 Å². The smallest absolute Gasteiger partial charge is 0.244 e. The molecule has 208 valence electrons. The Morgan fingerprint density at radius 2 is 1.64 bits per heavy atom. The lowest BCUT2D eigenvalue weighted by Gasteiger charge is -2.33. The number of carbonyl (C=O) groups excluding carboxylic acids is 2. The van der Waals surface area contributed by atoms with Gasteiger partial charge in [0, 0.05) is 25.0 Å². The summed E-state index contributed by atoms with van der Waals surface area (Å²) in [6.45, 7) is -0.549. The van der Waals surface area contributed by atoms with Crippen molar-refractivity contribution in [3.63, 3.8) is 0 Å². The zero-order valence-electron chi connectivity index (χ0n) is 22.3. The first kappa shape index (κ1) is 29.8. The molecular weight excluding hydrogens is 542 g/mol. The van der Waals surface area contributed by atoms with Gasteiger partial charge in [0.05, 0.1) is 26.2 Å². The molecule has 3 aromatic carbocycles. The Balaban J connectivity index is 2.08. The highest BCUT2D eigenvalue weighted by Gasteiger charge is 2.33. The first-order chi connectivity index (χ1) is 18.6. The third-order valence-corrected chi connectivity index (χ3v) is 7.45. The Morgan fingerprint density at radius 3 is 2.26 bits per heavy atom. The summed E-state index contributed by atoms with van der Waals surface area (Å²) >= 11 is 6.17. The summed E-state index contributed by atoms with van der Waals surface area (Å²) in [4.78, 5) is 28.6.